The zero-order valence-electron chi connectivity index (χ0n) is 16.0. The van der Waals surface area contributed by atoms with Gasteiger partial charge in [0.1, 0.15) is 0 Å². The van der Waals surface area contributed by atoms with Gasteiger partial charge in [0.2, 0.25) is 5.95 Å². The Balaban J connectivity index is 1.91. The third-order valence-corrected chi connectivity index (χ3v) is 5.16. The largest absolute Gasteiger partial charge is 0.401 e. The van der Waals surface area contributed by atoms with Gasteiger partial charge >= 0.3 is 0 Å². The summed E-state index contributed by atoms with van der Waals surface area (Å²) in [6.07, 6.45) is 3.43. The second kappa shape index (κ2) is 7.62. The number of nitrogens with zero attached hydrogens (tertiary/aromatic N) is 4. The summed E-state index contributed by atoms with van der Waals surface area (Å²) in [5, 5.41) is 2.39. The molecule has 0 unspecified atom stereocenters. The van der Waals surface area contributed by atoms with E-state index in [1.54, 1.807) is 17.4 Å². The molecule has 3 aromatic rings. The van der Waals surface area contributed by atoms with Gasteiger partial charge in [-0.05, 0) is 42.8 Å². The first-order chi connectivity index (χ1) is 13.9. The molecule has 0 saturated heterocycles. The molecule has 2 aromatic carbocycles. The van der Waals surface area contributed by atoms with E-state index in [9.17, 15) is 0 Å². The highest BCUT2D eigenvalue weighted by molar-refractivity contribution is 6.30. The van der Waals surface area contributed by atoms with Crippen molar-refractivity contribution < 1.29 is 0 Å². The second-order valence-electron chi connectivity index (χ2n) is 6.91. The first-order valence-electron chi connectivity index (χ1n) is 9.18. The van der Waals surface area contributed by atoms with Crippen LogP contribution in [0, 0.1) is 0 Å². The molecule has 2 heterocycles. The third kappa shape index (κ3) is 3.70. The van der Waals surface area contributed by atoms with E-state index in [2.05, 4.69) is 20.9 Å². The molecule has 8 heteroatoms. The van der Waals surface area contributed by atoms with Crippen molar-refractivity contribution in [2.24, 2.45) is 11.6 Å². The van der Waals surface area contributed by atoms with Crippen LogP contribution in [0.5, 0.6) is 0 Å². The number of hydrogen-bond acceptors (Lipinski definition) is 7. The molecule has 4 rings (SSSR count). The van der Waals surface area contributed by atoms with Gasteiger partial charge < -0.3 is 21.4 Å². The fourth-order valence-corrected chi connectivity index (χ4v) is 3.67. The zero-order valence-corrected chi connectivity index (χ0v) is 16.8. The summed E-state index contributed by atoms with van der Waals surface area (Å²) in [4.78, 5) is 10.4. The number of fused-ring (bicyclic) bond motifs is 1. The lowest BCUT2D eigenvalue weighted by atomic mass is 10.0. The summed E-state index contributed by atoms with van der Waals surface area (Å²) < 4.78 is 0. The first-order valence-corrected chi connectivity index (χ1v) is 9.56. The number of allylic oxidation sites excluding steroid dienone is 1. The molecule has 0 fully saturated rings. The van der Waals surface area contributed by atoms with Crippen molar-refractivity contribution in [2.75, 3.05) is 23.7 Å². The summed E-state index contributed by atoms with van der Waals surface area (Å²) in [7, 11) is 0. The zero-order chi connectivity index (χ0) is 20.5. The molecule has 29 heavy (non-hydrogen) atoms. The maximum Gasteiger partial charge on any atom is 0.219 e. The first kappa shape index (κ1) is 19.0. The van der Waals surface area contributed by atoms with Crippen LogP contribution in [-0.2, 0) is 0 Å². The molecule has 0 radical (unpaired) electrons. The Labute approximate surface area is 174 Å². The van der Waals surface area contributed by atoms with E-state index < -0.39 is 0 Å². The second-order valence-corrected chi connectivity index (χ2v) is 7.35. The number of aromatic nitrogens is 2. The van der Waals surface area contributed by atoms with E-state index in [1.807, 2.05) is 43.3 Å². The Morgan fingerprint density at radius 2 is 1.69 bits per heavy atom. The normalized spacial score (nSPS) is 15.7. The minimum atomic E-state index is 0.244. The van der Waals surface area contributed by atoms with Crippen LogP contribution in [0.3, 0.4) is 0 Å². The van der Waals surface area contributed by atoms with Crippen LogP contribution in [0.15, 0.2) is 60.6 Å². The van der Waals surface area contributed by atoms with Crippen molar-refractivity contribution in [1.29, 1.82) is 0 Å². The Kier molecular flexibility index (Phi) is 5.00. The molecule has 0 amide bonds. The molecular formula is C21H22ClN7. The Bertz CT molecular complexity index is 1060. The van der Waals surface area contributed by atoms with Gasteiger partial charge in [0.25, 0.3) is 0 Å². The molecule has 7 nitrogen and oxygen atoms in total. The monoisotopic (exact) mass is 407 g/mol. The fourth-order valence-electron chi connectivity index (χ4n) is 3.54. The number of rotatable bonds is 2. The van der Waals surface area contributed by atoms with Crippen molar-refractivity contribution in [3.05, 3.63) is 71.1 Å². The Hall–Kier alpha value is -3.29. The van der Waals surface area contributed by atoms with Crippen molar-refractivity contribution in [2.45, 2.75) is 6.92 Å². The molecule has 0 bridgehead atoms. The number of halogens is 1. The molecular weight excluding hydrogens is 386 g/mol. The van der Waals surface area contributed by atoms with Gasteiger partial charge in [-0.2, -0.15) is 0 Å². The molecule has 1 aliphatic rings. The smallest absolute Gasteiger partial charge is 0.219 e. The number of nitrogens with two attached hydrogens (primary N) is 3. The predicted molar refractivity (Wildman–Crippen MR) is 118 cm³/mol. The van der Waals surface area contributed by atoms with E-state index in [4.69, 9.17) is 28.9 Å². The average Bonchev–Trinajstić information content (AvgIpc) is 2.85. The minimum absolute atomic E-state index is 0.244. The van der Waals surface area contributed by atoms with E-state index in [1.165, 1.54) is 0 Å². The minimum Gasteiger partial charge on any atom is -0.401 e. The maximum absolute atomic E-state index is 6.34. The van der Waals surface area contributed by atoms with Crippen LogP contribution < -0.4 is 22.2 Å². The molecule has 0 spiro atoms. The molecule has 0 aliphatic carbocycles. The molecule has 148 valence electrons. The van der Waals surface area contributed by atoms with Crippen molar-refractivity contribution in [1.82, 2.24) is 15.0 Å². The summed E-state index contributed by atoms with van der Waals surface area (Å²) in [6.45, 7) is 3.16. The number of anilines is 3. The van der Waals surface area contributed by atoms with Crippen molar-refractivity contribution >= 4 is 34.6 Å². The lowest BCUT2D eigenvalue weighted by Crippen LogP contribution is -2.34. The number of hydrazine groups is 1. The van der Waals surface area contributed by atoms with E-state index in [0.717, 1.165) is 33.8 Å². The standard InChI is InChI=1S/C21H22ClN7/c1-13(23)20-18-7-2-14(15-11-26-21(24)27-12-15)10-19(18)28(8-9-29(20)25)17-5-3-16(22)4-6-17/h2-7,10-12H,8-9,23,25H2,1H3,(H2,24,26,27)/b20-13-. The molecule has 0 saturated carbocycles. The summed E-state index contributed by atoms with van der Waals surface area (Å²) in [5.74, 6) is 6.58. The molecule has 6 N–H and O–H groups in total. The van der Waals surface area contributed by atoms with Crippen LogP contribution >= 0.6 is 11.6 Å². The Morgan fingerprint density at radius 3 is 2.34 bits per heavy atom. The lowest BCUT2D eigenvalue weighted by molar-refractivity contribution is 0.428. The number of benzene rings is 2. The van der Waals surface area contributed by atoms with Gasteiger partial charge in [-0.3, -0.25) is 0 Å². The van der Waals surface area contributed by atoms with Gasteiger partial charge in [0.15, 0.2) is 0 Å². The topological polar surface area (TPSA) is 110 Å². The van der Waals surface area contributed by atoms with Gasteiger partial charge in [-0.25, -0.2) is 15.8 Å². The van der Waals surface area contributed by atoms with Crippen LogP contribution in [0.4, 0.5) is 17.3 Å². The highest BCUT2D eigenvalue weighted by Crippen LogP contribution is 2.39. The molecule has 1 aliphatic heterocycles. The maximum atomic E-state index is 6.34. The van der Waals surface area contributed by atoms with E-state index in [0.29, 0.717) is 23.8 Å². The van der Waals surface area contributed by atoms with Gasteiger partial charge in [-0.15, -0.1) is 0 Å². The van der Waals surface area contributed by atoms with Gasteiger partial charge in [0, 0.05) is 46.5 Å². The van der Waals surface area contributed by atoms with Crippen LogP contribution in [0.25, 0.3) is 16.8 Å². The predicted octanol–water partition coefficient (Wildman–Crippen LogP) is 3.35. The summed E-state index contributed by atoms with van der Waals surface area (Å²) in [5.41, 5.74) is 18.1. The highest BCUT2D eigenvalue weighted by Gasteiger charge is 2.25. The molecule has 1 aromatic heterocycles. The van der Waals surface area contributed by atoms with E-state index >= 15 is 0 Å². The average molecular weight is 408 g/mol. The van der Waals surface area contributed by atoms with Crippen LogP contribution in [-0.4, -0.2) is 28.1 Å². The van der Waals surface area contributed by atoms with Gasteiger partial charge in [0.05, 0.1) is 17.9 Å². The van der Waals surface area contributed by atoms with Crippen molar-refractivity contribution in [3.8, 4) is 11.1 Å². The quantitative estimate of drug-likeness (QED) is 0.558. The summed E-state index contributed by atoms with van der Waals surface area (Å²) >= 11 is 6.09. The van der Waals surface area contributed by atoms with Gasteiger partial charge in [-0.1, -0.05) is 23.7 Å². The molecule has 0 atom stereocenters. The number of hydrogen-bond donors (Lipinski definition) is 3. The lowest BCUT2D eigenvalue weighted by Gasteiger charge is -2.25. The highest BCUT2D eigenvalue weighted by atomic mass is 35.5. The SMILES string of the molecule is C/C(N)=C1\c2ccc(-c3cnc(N)nc3)cc2N(c2ccc(Cl)cc2)CCN1N. The number of nitrogen functional groups attached to an aromatic ring is 1. The van der Waals surface area contributed by atoms with E-state index in [-0.39, 0.29) is 5.95 Å². The Morgan fingerprint density at radius 1 is 1.00 bits per heavy atom. The summed E-state index contributed by atoms with van der Waals surface area (Å²) in [6, 6.07) is 13.9. The van der Waals surface area contributed by atoms with Crippen LogP contribution in [0.2, 0.25) is 5.02 Å². The fraction of sp³-hybridized carbons (Fsp3) is 0.143. The van der Waals surface area contributed by atoms with Crippen LogP contribution in [0.1, 0.15) is 12.5 Å². The van der Waals surface area contributed by atoms with Crippen molar-refractivity contribution in [3.63, 3.8) is 0 Å². The third-order valence-electron chi connectivity index (χ3n) is 4.91.